The first-order valence-corrected chi connectivity index (χ1v) is 8.80. The van der Waals surface area contributed by atoms with Crippen LogP contribution < -0.4 is 4.72 Å². The summed E-state index contributed by atoms with van der Waals surface area (Å²) in [7, 11) is -3.87. The number of aromatic nitrogens is 3. The normalized spacial score (nSPS) is 12.2. The van der Waals surface area contributed by atoms with Gasteiger partial charge >= 0.3 is 0 Å². The molecule has 0 unspecified atom stereocenters. The Kier molecular flexibility index (Phi) is 3.61. The van der Waals surface area contributed by atoms with Crippen LogP contribution in [0.1, 0.15) is 26.3 Å². The lowest BCUT2D eigenvalue weighted by molar-refractivity contribution is 0.356. The van der Waals surface area contributed by atoms with Crippen molar-refractivity contribution in [2.45, 2.75) is 31.2 Å². The molecular formula is C16H17N5O2S. The Balaban J connectivity index is 2.05. The summed E-state index contributed by atoms with van der Waals surface area (Å²) in [6.45, 7) is 5.75. The van der Waals surface area contributed by atoms with Gasteiger partial charge in [0.05, 0.1) is 5.54 Å². The molecule has 2 aromatic heterocycles. The van der Waals surface area contributed by atoms with Crippen molar-refractivity contribution in [1.29, 1.82) is 5.26 Å². The molecule has 0 radical (unpaired) electrons. The van der Waals surface area contributed by atoms with E-state index in [0.717, 1.165) is 5.52 Å². The topological polar surface area (TPSA) is 104 Å². The van der Waals surface area contributed by atoms with Gasteiger partial charge in [0, 0.05) is 23.3 Å². The van der Waals surface area contributed by atoms with E-state index >= 15 is 0 Å². The van der Waals surface area contributed by atoms with Crippen LogP contribution >= 0.6 is 0 Å². The SMILES string of the molecule is CC(C)(C)n1cc(C#N)c(NS(=O)(=O)c2c[nH]c3ccccc23)n1. The molecule has 7 nitrogen and oxygen atoms in total. The quantitative estimate of drug-likeness (QED) is 0.763. The second-order valence-electron chi connectivity index (χ2n) is 6.42. The van der Waals surface area contributed by atoms with Crippen LogP contribution in [0.15, 0.2) is 41.6 Å². The maximum atomic E-state index is 12.7. The summed E-state index contributed by atoms with van der Waals surface area (Å²) in [6, 6.07) is 9.08. The highest BCUT2D eigenvalue weighted by molar-refractivity contribution is 7.93. The zero-order valence-corrected chi connectivity index (χ0v) is 14.3. The van der Waals surface area contributed by atoms with Crippen molar-refractivity contribution in [2.75, 3.05) is 4.72 Å². The van der Waals surface area contributed by atoms with Gasteiger partial charge in [-0.15, -0.1) is 0 Å². The van der Waals surface area contributed by atoms with Gasteiger partial charge in [-0.25, -0.2) is 8.42 Å². The van der Waals surface area contributed by atoms with Crippen LogP contribution in [0.4, 0.5) is 5.82 Å². The second-order valence-corrected chi connectivity index (χ2v) is 8.07. The highest BCUT2D eigenvalue weighted by atomic mass is 32.2. The molecule has 0 fully saturated rings. The fraction of sp³-hybridized carbons (Fsp3) is 0.250. The fourth-order valence-electron chi connectivity index (χ4n) is 2.32. The molecule has 24 heavy (non-hydrogen) atoms. The first kappa shape index (κ1) is 16.1. The average Bonchev–Trinajstić information content (AvgIpc) is 3.10. The summed E-state index contributed by atoms with van der Waals surface area (Å²) in [5.41, 5.74) is 0.530. The average molecular weight is 343 g/mol. The first-order chi connectivity index (χ1) is 11.2. The number of nitriles is 1. The lowest BCUT2D eigenvalue weighted by Gasteiger charge is -2.18. The van der Waals surface area contributed by atoms with Crippen molar-refractivity contribution in [3.8, 4) is 6.07 Å². The van der Waals surface area contributed by atoms with Gasteiger partial charge in [-0.3, -0.25) is 9.40 Å². The third-order valence-electron chi connectivity index (χ3n) is 3.59. The van der Waals surface area contributed by atoms with Crippen molar-refractivity contribution in [3.63, 3.8) is 0 Å². The predicted octanol–water partition coefficient (Wildman–Crippen LogP) is 2.79. The Bertz CT molecular complexity index is 1050. The summed E-state index contributed by atoms with van der Waals surface area (Å²) < 4.78 is 29.4. The Morgan fingerprint density at radius 2 is 2.00 bits per heavy atom. The molecule has 0 bridgehead atoms. The van der Waals surface area contributed by atoms with Crippen LogP contribution in [-0.2, 0) is 15.6 Å². The number of sulfonamides is 1. The third-order valence-corrected chi connectivity index (χ3v) is 4.97. The van der Waals surface area contributed by atoms with Crippen LogP contribution in [0.3, 0.4) is 0 Å². The van der Waals surface area contributed by atoms with E-state index in [0.29, 0.717) is 5.39 Å². The predicted molar refractivity (Wildman–Crippen MR) is 91.0 cm³/mol. The molecular weight excluding hydrogens is 326 g/mol. The minimum Gasteiger partial charge on any atom is -0.360 e. The number of benzene rings is 1. The molecule has 124 valence electrons. The Morgan fingerprint density at radius 1 is 1.29 bits per heavy atom. The largest absolute Gasteiger partial charge is 0.360 e. The van der Waals surface area contributed by atoms with E-state index < -0.39 is 10.0 Å². The monoisotopic (exact) mass is 343 g/mol. The van der Waals surface area contributed by atoms with E-state index in [4.69, 9.17) is 0 Å². The summed E-state index contributed by atoms with van der Waals surface area (Å²) in [5.74, 6) is 0.0257. The molecule has 0 saturated carbocycles. The molecule has 0 saturated heterocycles. The Morgan fingerprint density at radius 3 is 2.67 bits per heavy atom. The van der Waals surface area contributed by atoms with Crippen molar-refractivity contribution in [2.24, 2.45) is 0 Å². The molecule has 2 heterocycles. The van der Waals surface area contributed by atoms with Crippen LogP contribution in [-0.4, -0.2) is 23.2 Å². The molecule has 0 spiro atoms. The number of nitrogens with zero attached hydrogens (tertiary/aromatic N) is 3. The Labute approximate surface area is 140 Å². The van der Waals surface area contributed by atoms with Crippen molar-refractivity contribution >= 4 is 26.7 Å². The van der Waals surface area contributed by atoms with E-state index in [1.165, 1.54) is 12.4 Å². The molecule has 0 aliphatic heterocycles. The van der Waals surface area contributed by atoms with E-state index in [1.807, 2.05) is 32.9 Å². The van der Waals surface area contributed by atoms with Gasteiger partial charge in [0.25, 0.3) is 10.0 Å². The highest BCUT2D eigenvalue weighted by Crippen LogP contribution is 2.26. The zero-order chi connectivity index (χ0) is 17.5. The molecule has 3 rings (SSSR count). The molecule has 0 aliphatic rings. The molecule has 8 heteroatoms. The van der Waals surface area contributed by atoms with Crippen LogP contribution in [0.5, 0.6) is 0 Å². The van der Waals surface area contributed by atoms with Crippen LogP contribution in [0.25, 0.3) is 10.9 Å². The number of aromatic amines is 1. The summed E-state index contributed by atoms with van der Waals surface area (Å²) in [4.78, 5) is 3.05. The lowest BCUT2D eigenvalue weighted by atomic mass is 10.1. The summed E-state index contributed by atoms with van der Waals surface area (Å²) >= 11 is 0. The van der Waals surface area contributed by atoms with E-state index in [-0.39, 0.29) is 21.8 Å². The number of fused-ring (bicyclic) bond motifs is 1. The number of H-pyrrole nitrogens is 1. The smallest absolute Gasteiger partial charge is 0.265 e. The van der Waals surface area contributed by atoms with Crippen molar-refractivity contribution in [1.82, 2.24) is 14.8 Å². The van der Waals surface area contributed by atoms with E-state index in [2.05, 4.69) is 14.8 Å². The number of hydrogen-bond acceptors (Lipinski definition) is 4. The fourth-order valence-corrected chi connectivity index (χ4v) is 3.52. The van der Waals surface area contributed by atoms with Gasteiger partial charge in [0.15, 0.2) is 5.82 Å². The van der Waals surface area contributed by atoms with Gasteiger partial charge in [-0.1, -0.05) is 18.2 Å². The Hall–Kier alpha value is -2.79. The minimum absolute atomic E-state index is 0.0257. The number of nitrogens with one attached hydrogen (secondary N) is 2. The molecule has 2 N–H and O–H groups in total. The molecule has 0 atom stereocenters. The molecule has 1 aromatic carbocycles. The number of anilines is 1. The van der Waals surface area contributed by atoms with E-state index in [1.54, 1.807) is 22.9 Å². The molecule has 0 amide bonds. The molecule has 0 aliphatic carbocycles. The van der Waals surface area contributed by atoms with Gasteiger partial charge in [0.1, 0.15) is 16.5 Å². The van der Waals surface area contributed by atoms with Crippen LogP contribution in [0.2, 0.25) is 0 Å². The zero-order valence-electron chi connectivity index (χ0n) is 13.5. The first-order valence-electron chi connectivity index (χ1n) is 7.31. The maximum Gasteiger partial charge on any atom is 0.265 e. The van der Waals surface area contributed by atoms with Gasteiger partial charge in [-0.2, -0.15) is 10.4 Å². The number of rotatable bonds is 3. The lowest BCUT2D eigenvalue weighted by Crippen LogP contribution is -2.22. The highest BCUT2D eigenvalue weighted by Gasteiger charge is 2.24. The number of para-hydroxylation sites is 1. The maximum absolute atomic E-state index is 12.7. The van der Waals surface area contributed by atoms with Gasteiger partial charge in [0.2, 0.25) is 0 Å². The summed E-state index contributed by atoms with van der Waals surface area (Å²) in [6.07, 6.45) is 2.97. The minimum atomic E-state index is -3.87. The van der Waals surface area contributed by atoms with Crippen LogP contribution in [0, 0.1) is 11.3 Å². The standard InChI is InChI=1S/C16H17N5O2S/c1-16(2,3)21-10-11(8-17)15(19-21)20-24(22,23)14-9-18-13-7-5-4-6-12(13)14/h4-7,9-10,18H,1-3H3,(H,19,20). The summed E-state index contributed by atoms with van der Waals surface area (Å²) in [5, 5.41) is 14.1. The van der Waals surface area contributed by atoms with Gasteiger partial charge in [-0.05, 0) is 26.8 Å². The number of hydrogen-bond donors (Lipinski definition) is 2. The second kappa shape index (κ2) is 5.39. The van der Waals surface area contributed by atoms with E-state index in [9.17, 15) is 13.7 Å². The molecule has 3 aromatic rings. The third kappa shape index (κ3) is 2.74. The van der Waals surface area contributed by atoms with Crippen molar-refractivity contribution < 1.29 is 8.42 Å². The van der Waals surface area contributed by atoms with Crippen molar-refractivity contribution in [3.05, 3.63) is 42.2 Å². The van der Waals surface area contributed by atoms with Gasteiger partial charge < -0.3 is 4.98 Å².